The van der Waals surface area contributed by atoms with Crippen LogP contribution >= 0.6 is 0 Å². The number of aromatic amines is 1. The van der Waals surface area contributed by atoms with Crippen molar-refractivity contribution in [2.24, 2.45) is 21.1 Å². The summed E-state index contributed by atoms with van der Waals surface area (Å²) < 4.78 is 10.0. The number of aryl methyl sites for hydroxylation is 10. The lowest BCUT2D eigenvalue weighted by Crippen LogP contribution is -2.31. The molecule has 2 aliphatic rings. The number of nitro benzene ring substituents is 2. The van der Waals surface area contributed by atoms with Gasteiger partial charge in [0.05, 0.1) is 119 Å². The molecule has 2 amide bonds. The SMILES string of the molecule is Cc1ccc(-n2c(=O)ccc3cnc4ccc(-c5cn[nH]c5)cc4c32)cc1[N+](=O)[O-].Cc1ccc(-n2c(=O)ccc3cnc4ccc(-c5cnn(C)c5)cc4c32)cc1N.Cc1ccc(-n2c(=O)ccc3cnc4ccc(-c5cnn(C)c5)cc4c32)cc1[N+](=O)[O-].Cc1ccc(N2C(=O)CCc3cnc4ccc(-c5ccc(N)nc5)cc4c32)cc1N.Cc1ccc(N2C(=O)CCc3cnc4ccc(-c5cnn(C)c5)cc4c32)cc1N. The molecule has 0 aliphatic carbocycles. The molecule has 0 radical (unpaired) electrons. The number of H-pyrrole nitrogens is 1. The number of benzene rings is 10. The molecule has 0 saturated heterocycles. The second-order valence-electron chi connectivity index (χ2n) is 36.8. The number of carbonyl (C=O) groups is 2. The first-order valence-electron chi connectivity index (χ1n) is 47.6. The van der Waals surface area contributed by atoms with Gasteiger partial charge < -0.3 is 22.9 Å². The number of nitrogen functional groups attached to an aromatic ring is 4. The molecule has 34 heteroatoms. The molecule has 25 rings (SSSR count). The second-order valence-corrected chi connectivity index (χ2v) is 36.8. The number of nitrogens with two attached hydrogens (primary N) is 4. The number of hydrogen-bond acceptors (Lipinski definition) is 23. The van der Waals surface area contributed by atoms with Crippen LogP contribution in [-0.4, -0.2) is 105 Å². The molecule has 23 aromatic rings. The Morgan fingerprint density at radius 1 is 0.302 bits per heavy atom. The summed E-state index contributed by atoms with van der Waals surface area (Å²) in [7, 11) is 5.64. The van der Waals surface area contributed by atoms with E-state index in [2.05, 4.69) is 73.6 Å². The maximum Gasteiger partial charge on any atom is 0.274 e. The normalized spacial score (nSPS) is 12.2. The van der Waals surface area contributed by atoms with Gasteiger partial charge in [-0.1, -0.05) is 60.7 Å². The molecule has 10 aromatic carbocycles. The van der Waals surface area contributed by atoms with Crippen molar-refractivity contribution in [2.75, 3.05) is 32.7 Å². The summed E-state index contributed by atoms with van der Waals surface area (Å²) in [5.41, 5.74) is 52.4. The molecule has 0 fully saturated rings. The van der Waals surface area contributed by atoms with Gasteiger partial charge in [0.25, 0.3) is 28.1 Å². The molecule has 34 nitrogen and oxygen atoms in total. The Balaban J connectivity index is 0.000000109. The van der Waals surface area contributed by atoms with Gasteiger partial charge in [0.1, 0.15) is 5.82 Å². The Morgan fingerprint density at radius 3 is 0.960 bits per heavy atom. The highest BCUT2D eigenvalue weighted by molar-refractivity contribution is 6.14. The number of nitro groups is 2. The molecule has 0 saturated carbocycles. The van der Waals surface area contributed by atoms with E-state index in [0.717, 1.165) is 188 Å². The van der Waals surface area contributed by atoms with Crippen LogP contribution in [-0.2, 0) is 43.6 Å². The maximum atomic E-state index is 13.0. The van der Waals surface area contributed by atoms with Crippen LogP contribution in [0, 0.1) is 54.8 Å². The van der Waals surface area contributed by atoms with Crippen LogP contribution in [0.2, 0.25) is 0 Å². The number of rotatable bonds is 12. The predicted octanol–water partition coefficient (Wildman–Crippen LogP) is 20.6. The van der Waals surface area contributed by atoms with E-state index in [0.29, 0.717) is 82.1 Å². The standard InChI is InChI=1S/C24H21N5O.C23H17N5O3.C23H21N5O.C23H19N5O.C22H15N5O3/c1-14-2-6-18(11-20(14)25)29-23(30)9-5-17-13-27-21-7-3-15(10-19(21)24(17)29)16-4-8-22(26)28-12-16;1-14-3-6-18(10-21(14)28(30)31)27-22(29)8-5-16-11-24-20-7-4-15(9-19(20)23(16)27)17-12-25-26(2)13-17;2*1-14-3-6-18(10-20(14)24)28-22(29)8-5-16-11-25-21-7-4-15(9-19(21)23(16)28)17-12-26-27(2)13-17;1-13-2-5-17(9-20(13)27(29)30)26-21(28)7-4-15-10-23-19-6-3-14(8-18(19)22(15)26)16-11-24-25-12-16/h2-4,6-8,10-13H,5,9,25H2,1H3,(H2,26,28);3-13H,1-2H3;3-4,6-7,9-13H,5,8,24H2,1-2H3;3-13H,24H2,1-2H3;2-12H,1H3,(H,24,25). The summed E-state index contributed by atoms with van der Waals surface area (Å²) >= 11 is 0. The topological polar surface area (TPSA) is 456 Å². The van der Waals surface area contributed by atoms with Crippen molar-refractivity contribution < 1.29 is 19.4 Å². The third-order valence-corrected chi connectivity index (χ3v) is 27.1. The third kappa shape index (κ3) is 18.4. The Hall–Kier alpha value is -20.2. The number of aromatic nitrogens is 17. The fraction of sp³-hybridized carbons (Fsp3) is 0.104. The molecular formula is C115H93N25O9. The Kier molecular flexibility index (Phi) is 24.8. The van der Waals surface area contributed by atoms with Crippen LogP contribution in [0.3, 0.4) is 0 Å². The van der Waals surface area contributed by atoms with Crippen LogP contribution in [0.25, 0.3) is 160 Å². The summed E-state index contributed by atoms with van der Waals surface area (Å²) in [6.07, 6.45) is 27.8. The fourth-order valence-electron chi connectivity index (χ4n) is 19.1. The number of anilines is 8. The largest absolute Gasteiger partial charge is 0.398 e. The summed E-state index contributed by atoms with van der Waals surface area (Å²) in [5.74, 6) is 0.602. The van der Waals surface area contributed by atoms with Crippen molar-refractivity contribution in [1.29, 1.82) is 0 Å². The monoisotopic (exact) mass is 1970 g/mol. The highest BCUT2D eigenvalue weighted by atomic mass is 16.6. The number of nitrogens with zero attached hydrogens (tertiary/aromatic N) is 20. The summed E-state index contributed by atoms with van der Waals surface area (Å²) in [4.78, 5) is 118. The average molecular weight is 1970 g/mol. The minimum Gasteiger partial charge on any atom is -0.398 e. The summed E-state index contributed by atoms with van der Waals surface area (Å²) in [6.45, 7) is 9.21. The first-order chi connectivity index (χ1) is 72.0. The fourth-order valence-corrected chi connectivity index (χ4v) is 19.1. The molecule has 9 N–H and O–H groups in total. The third-order valence-electron chi connectivity index (χ3n) is 27.1. The molecule has 13 aromatic heterocycles. The number of fused-ring (bicyclic) bond motifs is 15. The molecule has 0 spiro atoms. The van der Waals surface area contributed by atoms with Gasteiger partial charge in [-0.15, -0.1) is 0 Å². The van der Waals surface area contributed by atoms with Crippen molar-refractivity contribution in [3.05, 3.63) is 408 Å². The lowest BCUT2D eigenvalue weighted by atomic mass is 9.96. The van der Waals surface area contributed by atoms with Crippen molar-refractivity contribution in [3.8, 4) is 72.7 Å². The minimum absolute atomic E-state index is 0.0317. The van der Waals surface area contributed by atoms with Gasteiger partial charge in [0.2, 0.25) is 11.8 Å². The van der Waals surface area contributed by atoms with Crippen LogP contribution < -0.4 is 49.4 Å². The molecule has 732 valence electrons. The highest BCUT2D eigenvalue weighted by Gasteiger charge is 2.32. The smallest absolute Gasteiger partial charge is 0.274 e. The molecular weight excluding hydrogens is 1880 g/mol. The second kappa shape index (κ2) is 38.9. The van der Waals surface area contributed by atoms with Gasteiger partial charge in [-0.05, 0) is 243 Å². The summed E-state index contributed by atoms with van der Waals surface area (Å²) in [5, 5.41) is 49.2. The first-order valence-corrected chi connectivity index (χ1v) is 47.6. The summed E-state index contributed by atoms with van der Waals surface area (Å²) in [6, 6.07) is 70.1. The molecule has 0 atom stereocenters. The Bertz CT molecular complexity index is 9640. The van der Waals surface area contributed by atoms with E-state index in [9.17, 15) is 44.2 Å². The lowest BCUT2D eigenvalue weighted by Gasteiger charge is -2.31. The van der Waals surface area contributed by atoms with Gasteiger partial charge in [-0.25, -0.2) is 4.98 Å². The first kappa shape index (κ1) is 95.0. The van der Waals surface area contributed by atoms with Crippen molar-refractivity contribution in [1.82, 2.24) is 83.1 Å². The lowest BCUT2D eigenvalue weighted by molar-refractivity contribution is -0.385. The van der Waals surface area contributed by atoms with Crippen molar-refractivity contribution in [2.45, 2.75) is 60.3 Å². The Labute approximate surface area is 848 Å². The number of pyridine rings is 9. The van der Waals surface area contributed by atoms with Gasteiger partial charge >= 0.3 is 0 Å². The van der Waals surface area contributed by atoms with Crippen LogP contribution in [0.15, 0.2) is 332 Å². The van der Waals surface area contributed by atoms with Crippen LogP contribution in [0.1, 0.15) is 51.8 Å². The van der Waals surface area contributed by atoms with Gasteiger partial charge in [-0.2, -0.15) is 20.4 Å². The molecule has 0 bridgehead atoms. The predicted molar refractivity (Wildman–Crippen MR) is 584 cm³/mol. The van der Waals surface area contributed by atoms with E-state index < -0.39 is 9.85 Å². The number of carbonyl (C=O) groups excluding carboxylic acids is 2. The maximum absolute atomic E-state index is 13.0. The average Bonchev–Trinajstić information content (AvgIpc) is 1.19. The zero-order valence-electron chi connectivity index (χ0n) is 81.8. The zero-order chi connectivity index (χ0) is 104. The quantitative estimate of drug-likeness (QED) is 0.0328. The number of amides is 2. The highest BCUT2D eigenvalue weighted by Crippen LogP contribution is 2.45. The molecule has 15 heterocycles. The van der Waals surface area contributed by atoms with E-state index >= 15 is 0 Å². The molecule has 2 aliphatic heterocycles. The number of nitrogens with one attached hydrogen (secondary N) is 1. The van der Waals surface area contributed by atoms with E-state index in [1.807, 2.05) is 225 Å². The van der Waals surface area contributed by atoms with Crippen molar-refractivity contribution in [3.63, 3.8) is 0 Å². The van der Waals surface area contributed by atoms with E-state index in [4.69, 9.17) is 22.9 Å². The van der Waals surface area contributed by atoms with Gasteiger partial charge in [0, 0.05) is 225 Å². The Morgan fingerprint density at radius 2 is 0.624 bits per heavy atom. The van der Waals surface area contributed by atoms with Crippen molar-refractivity contribution >= 4 is 156 Å². The zero-order valence-corrected chi connectivity index (χ0v) is 81.8. The van der Waals surface area contributed by atoms with E-state index in [-0.39, 0.29) is 39.9 Å². The van der Waals surface area contributed by atoms with Gasteiger partial charge in [0.15, 0.2) is 0 Å². The van der Waals surface area contributed by atoms with E-state index in [1.54, 1.807) is 134 Å². The molecule has 149 heavy (non-hydrogen) atoms. The van der Waals surface area contributed by atoms with Crippen LogP contribution in [0.4, 0.5) is 57.0 Å². The van der Waals surface area contributed by atoms with Crippen LogP contribution in [0.5, 0.6) is 0 Å². The van der Waals surface area contributed by atoms with Gasteiger partial charge in [-0.3, -0.25) is 112 Å². The molecule has 0 unspecified atom stereocenters. The van der Waals surface area contributed by atoms with E-state index in [1.165, 1.54) is 33.4 Å². The number of hydrogen-bond donors (Lipinski definition) is 5. The minimum atomic E-state index is -0.439.